The van der Waals surface area contributed by atoms with Gasteiger partial charge < -0.3 is 14.8 Å². The van der Waals surface area contributed by atoms with Crippen LogP contribution in [-0.2, 0) is 0 Å². The second kappa shape index (κ2) is 9.13. The number of aromatic nitrogens is 2. The topological polar surface area (TPSA) is 59.5 Å². The summed E-state index contributed by atoms with van der Waals surface area (Å²) in [5.41, 5.74) is 2.99. The van der Waals surface area contributed by atoms with Crippen LogP contribution in [0.3, 0.4) is 0 Å². The molecule has 2 heterocycles. The van der Waals surface area contributed by atoms with Crippen molar-refractivity contribution < 1.29 is 9.47 Å². The highest BCUT2D eigenvalue weighted by atomic mass is 16.5. The minimum atomic E-state index is 0.162. The van der Waals surface area contributed by atoms with Gasteiger partial charge in [0.25, 0.3) is 0 Å². The van der Waals surface area contributed by atoms with Crippen LogP contribution >= 0.6 is 0 Å². The average Bonchev–Trinajstić information content (AvgIpc) is 2.75. The fourth-order valence-corrected chi connectivity index (χ4v) is 3.85. The van der Waals surface area contributed by atoms with E-state index in [-0.39, 0.29) is 6.10 Å². The van der Waals surface area contributed by atoms with Crippen LogP contribution in [0.2, 0.25) is 0 Å². The zero-order chi connectivity index (χ0) is 20.9. The van der Waals surface area contributed by atoms with Crippen LogP contribution in [-0.4, -0.2) is 47.7 Å². The van der Waals surface area contributed by atoms with Gasteiger partial charge in [-0.15, -0.1) is 6.58 Å². The molecule has 2 aromatic carbocycles. The van der Waals surface area contributed by atoms with E-state index in [1.54, 1.807) is 13.4 Å². The third kappa shape index (κ3) is 4.54. The second-order valence-electron chi connectivity index (χ2n) is 7.64. The quantitative estimate of drug-likeness (QED) is 0.575. The van der Waals surface area contributed by atoms with Crippen molar-refractivity contribution in [1.29, 1.82) is 0 Å². The van der Waals surface area contributed by atoms with Gasteiger partial charge >= 0.3 is 0 Å². The lowest BCUT2D eigenvalue weighted by atomic mass is 10.1. The van der Waals surface area contributed by atoms with Crippen molar-refractivity contribution >= 4 is 22.4 Å². The maximum atomic E-state index is 6.38. The number of aryl methyl sites for hydroxylation is 1. The first-order valence-corrected chi connectivity index (χ1v) is 10.3. The summed E-state index contributed by atoms with van der Waals surface area (Å²) >= 11 is 0. The molecule has 0 unspecified atom stereocenters. The molecule has 30 heavy (non-hydrogen) atoms. The molecule has 1 saturated heterocycles. The predicted molar refractivity (Wildman–Crippen MR) is 121 cm³/mol. The molecular formula is C24H28N4O2. The van der Waals surface area contributed by atoms with Crippen LogP contribution in [0.4, 0.5) is 11.5 Å². The van der Waals surface area contributed by atoms with Crippen LogP contribution in [0.15, 0.2) is 55.4 Å². The van der Waals surface area contributed by atoms with Gasteiger partial charge in [0.2, 0.25) is 0 Å². The molecular weight excluding hydrogens is 376 g/mol. The third-order valence-corrected chi connectivity index (χ3v) is 5.42. The first-order valence-electron chi connectivity index (χ1n) is 10.3. The molecule has 156 valence electrons. The van der Waals surface area contributed by atoms with Crippen molar-refractivity contribution in [3.05, 3.63) is 60.9 Å². The monoisotopic (exact) mass is 404 g/mol. The van der Waals surface area contributed by atoms with Crippen molar-refractivity contribution in [3.8, 4) is 11.5 Å². The molecule has 1 aliphatic rings. The number of likely N-dealkylation sites (tertiary alicyclic amines) is 1. The molecule has 0 aliphatic carbocycles. The smallest absolute Gasteiger partial charge is 0.162 e. The average molecular weight is 405 g/mol. The fourth-order valence-electron chi connectivity index (χ4n) is 3.85. The van der Waals surface area contributed by atoms with E-state index in [2.05, 4.69) is 45.8 Å². The summed E-state index contributed by atoms with van der Waals surface area (Å²) in [6, 6.07) is 12.1. The third-order valence-electron chi connectivity index (χ3n) is 5.42. The standard InChI is InChI=1S/C24H28N4O2/c1-4-10-28-11-8-19(9-12-28)30-23-14-20-21(15-22(23)29-3)25-16-26-24(20)27-18-7-5-6-17(2)13-18/h4-7,13-16,19H,1,8-12H2,2-3H3,(H,25,26,27). The Hall–Kier alpha value is -3.12. The maximum absolute atomic E-state index is 6.38. The largest absolute Gasteiger partial charge is 0.493 e. The van der Waals surface area contributed by atoms with Crippen LogP contribution in [0.1, 0.15) is 18.4 Å². The number of fused-ring (bicyclic) bond motifs is 1. The Morgan fingerprint density at radius 1 is 1.17 bits per heavy atom. The number of ether oxygens (including phenoxy) is 2. The van der Waals surface area contributed by atoms with E-state index in [4.69, 9.17) is 9.47 Å². The summed E-state index contributed by atoms with van der Waals surface area (Å²) in [6.07, 6.45) is 5.64. The highest BCUT2D eigenvalue weighted by Crippen LogP contribution is 2.36. The van der Waals surface area contributed by atoms with Gasteiger partial charge in [0.15, 0.2) is 11.5 Å². The van der Waals surface area contributed by atoms with Gasteiger partial charge in [0.1, 0.15) is 18.2 Å². The Morgan fingerprint density at radius 2 is 2.00 bits per heavy atom. The Labute approximate surface area is 177 Å². The first-order chi connectivity index (χ1) is 14.7. The Bertz CT molecular complexity index is 1030. The molecule has 6 heteroatoms. The maximum Gasteiger partial charge on any atom is 0.162 e. The molecule has 0 spiro atoms. The van der Waals surface area contributed by atoms with E-state index < -0.39 is 0 Å². The zero-order valence-electron chi connectivity index (χ0n) is 17.6. The van der Waals surface area contributed by atoms with Gasteiger partial charge in [-0.05, 0) is 43.5 Å². The first kappa shape index (κ1) is 20.2. The molecule has 3 aromatic rings. The van der Waals surface area contributed by atoms with Crippen molar-refractivity contribution in [3.63, 3.8) is 0 Å². The molecule has 0 saturated carbocycles. The van der Waals surface area contributed by atoms with Gasteiger partial charge in [-0.2, -0.15) is 0 Å². The summed E-state index contributed by atoms with van der Waals surface area (Å²) in [4.78, 5) is 11.3. The molecule has 4 rings (SSSR count). The highest BCUT2D eigenvalue weighted by Gasteiger charge is 2.22. The van der Waals surface area contributed by atoms with Crippen molar-refractivity contribution in [2.45, 2.75) is 25.9 Å². The second-order valence-corrected chi connectivity index (χ2v) is 7.64. The Balaban J connectivity index is 1.60. The van der Waals surface area contributed by atoms with E-state index in [1.165, 1.54) is 5.56 Å². The lowest BCUT2D eigenvalue weighted by molar-refractivity contribution is 0.104. The molecule has 1 aliphatic heterocycles. The zero-order valence-corrected chi connectivity index (χ0v) is 17.6. The number of piperidine rings is 1. The molecule has 1 N–H and O–H groups in total. The van der Waals surface area contributed by atoms with E-state index in [0.717, 1.165) is 60.6 Å². The number of rotatable bonds is 7. The van der Waals surface area contributed by atoms with Gasteiger partial charge in [0.05, 0.1) is 12.6 Å². The van der Waals surface area contributed by atoms with Crippen molar-refractivity contribution in [2.75, 3.05) is 32.1 Å². The number of hydrogen-bond acceptors (Lipinski definition) is 6. The molecule has 1 fully saturated rings. The lowest BCUT2D eigenvalue weighted by Gasteiger charge is -2.31. The SMILES string of the molecule is C=CCN1CCC(Oc2cc3c(Nc4cccc(C)c4)ncnc3cc2OC)CC1. The predicted octanol–water partition coefficient (Wildman–Crippen LogP) is 4.72. The normalized spacial score (nSPS) is 15.1. The van der Waals surface area contributed by atoms with Crippen LogP contribution in [0, 0.1) is 6.92 Å². The summed E-state index contributed by atoms with van der Waals surface area (Å²) in [7, 11) is 1.66. The van der Waals surface area contributed by atoms with E-state index >= 15 is 0 Å². The Morgan fingerprint density at radius 3 is 2.73 bits per heavy atom. The van der Waals surface area contributed by atoms with Gasteiger partial charge in [-0.3, -0.25) is 4.90 Å². The summed E-state index contributed by atoms with van der Waals surface area (Å²) in [5, 5.41) is 4.31. The van der Waals surface area contributed by atoms with E-state index in [1.807, 2.05) is 30.3 Å². The van der Waals surface area contributed by atoms with Crippen LogP contribution < -0.4 is 14.8 Å². The van der Waals surface area contributed by atoms with Crippen molar-refractivity contribution in [1.82, 2.24) is 14.9 Å². The number of methoxy groups -OCH3 is 1. The number of benzene rings is 2. The number of hydrogen-bond donors (Lipinski definition) is 1. The minimum Gasteiger partial charge on any atom is -0.493 e. The molecule has 0 radical (unpaired) electrons. The molecule has 0 amide bonds. The van der Waals surface area contributed by atoms with Gasteiger partial charge in [-0.25, -0.2) is 9.97 Å². The van der Waals surface area contributed by atoms with Crippen LogP contribution in [0.25, 0.3) is 10.9 Å². The number of nitrogens with one attached hydrogen (secondary N) is 1. The van der Waals surface area contributed by atoms with E-state index in [0.29, 0.717) is 5.75 Å². The molecule has 1 aromatic heterocycles. The minimum absolute atomic E-state index is 0.162. The summed E-state index contributed by atoms with van der Waals surface area (Å²) in [5.74, 6) is 2.17. The number of anilines is 2. The van der Waals surface area contributed by atoms with E-state index in [9.17, 15) is 0 Å². The molecule has 6 nitrogen and oxygen atoms in total. The molecule has 0 bridgehead atoms. The summed E-state index contributed by atoms with van der Waals surface area (Å²) < 4.78 is 12.0. The number of nitrogens with zero attached hydrogens (tertiary/aromatic N) is 3. The van der Waals surface area contributed by atoms with Gasteiger partial charge in [-0.1, -0.05) is 18.2 Å². The lowest BCUT2D eigenvalue weighted by Crippen LogP contribution is -2.38. The Kier molecular flexibility index (Phi) is 6.14. The fraction of sp³-hybridized carbons (Fsp3) is 0.333. The van der Waals surface area contributed by atoms with Crippen molar-refractivity contribution in [2.24, 2.45) is 0 Å². The molecule has 0 atom stereocenters. The highest BCUT2D eigenvalue weighted by molar-refractivity contribution is 5.93. The van der Waals surface area contributed by atoms with Crippen LogP contribution in [0.5, 0.6) is 11.5 Å². The van der Waals surface area contributed by atoms with Gasteiger partial charge in [0, 0.05) is 36.8 Å². The summed E-state index contributed by atoms with van der Waals surface area (Å²) in [6.45, 7) is 8.85.